The molecule has 0 saturated carbocycles. The number of ether oxygens (including phenoxy) is 1. The van der Waals surface area contributed by atoms with Gasteiger partial charge in [0.25, 0.3) is 0 Å². The summed E-state index contributed by atoms with van der Waals surface area (Å²) in [5.74, 6) is -0.111. The Kier molecular flexibility index (Phi) is 6.00. The number of aromatic nitrogens is 2. The van der Waals surface area contributed by atoms with Crippen LogP contribution >= 0.6 is 0 Å². The normalized spacial score (nSPS) is 20.9. The maximum Gasteiger partial charge on any atom is 0.416 e. The summed E-state index contributed by atoms with van der Waals surface area (Å²) in [4.78, 5) is 4.05. The van der Waals surface area contributed by atoms with E-state index in [-0.39, 0.29) is 17.9 Å². The molecule has 3 heterocycles. The quantitative estimate of drug-likeness (QED) is 0.319. The lowest BCUT2D eigenvalue weighted by Gasteiger charge is -2.25. The van der Waals surface area contributed by atoms with Gasteiger partial charge in [-0.25, -0.2) is 4.98 Å². The van der Waals surface area contributed by atoms with Crippen molar-refractivity contribution in [2.45, 2.75) is 30.1 Å². The van der Waals surface area contributed by atoms with Crippen molar-refractivity contribution in [2.24, 2.45) is 0 Å². The lowest BCUT2D eigenvalue weighted by Crippen LogP contribution is -2.35. The molecule has 0 aliphatic carbocycles. The van der Waals surface area contributed by atoms with E-state index in [1.54, 1.807) is 43.0 Å². The summed E-state index contributed by atoms with van der Waals surface area (Å²) in [6.07, 6.45) is -0.726. The van der Waals surface area contributed by atoms with Crippen molar-refractivity contribution in [1.82, 2.24) is 9.55 Å². The number of phenols is 1. The summed E-state index contributed by atoms with van der Waals surface area (Å²) in [5, 5.41) is 8.70. The van der Waals surface area contributed by atoms with Crippen LogP contribution in [0.2, 0.25) is 0 Å². The standard InChI is InChI=1S/C28H21F3N2O5S/c29-28(30,31)19-5-11-22(12-6-19)38-39(35,36)24-15-23-25(17-3-9-21(34)10-4-17)26(27(24)37-23)18-1-7-20(8-2-18)33-14-13-32-16-33/h1-14,16,23-24,27,34H,15H2. The van der Waals surface area contributed by atoms with Crippen LogP contribution in [0.1, 0.15) is 23.1 Å². The van der Waals surface area contributed by atoms with E-state index in [1.165, 1.54) is 0 Å². The topological polar surface area (TPSA) is 90.7 Å². The average molecular weight is 555 g/mol. The molecule has 2 aliphatic heterocycles. The third-order valence-corrected chi connectivity index (χ3v) is 8.52. The van der Waals surface area contributed by atoms with Gasteiger partial charge in [0, 0.05) is 24.5 Å². The minimum atomic E-state index is -4.55. The molecule has 4 aromatic rings. The lowest BCUT2D eigenvalue weighted by molar-refractivity contribution is -0.137. The molecule has 3 aromatic carbocycles. The molecule has 0 spiro atoms. The van der Waals surface area contributed by atoms with Crippen LogP contribution in [-0.4, -0.2) is 40.5 Å². The fraction of sp³-hybridized carbons (Fsp3) is 0.179. The van der Waals surface area contributed by atoms with Crippen molar-refractivity contribution in [3.05, 3.63) is 108 Å². The van der Waals surface area contributed by atoms with Crippen molar-refractivity contribution in [2.75, 3.05) is 0 Å². The Labute approximate surface area is 221 Å². The molecule has 3 unspecified atom stereocenters. The van der Waals surface area contributed by atoms with Gasteiger partial charge in [0.2, 0.25) is 0 Å². The molecule has 6 rings (SSSR count). The van der Waals surface area contributed by atoms with Gasteiger partial charge in [0.05, 0.1) is 18.0 Å². The van der Waals surface area contributed by atoms with Crippen molar-refractivity contribution < 1.29 is 35.6 Å². The van der Waals surface area contributed by atoms with E-state index in [0.717, 1.165) is 46.7 Å². The predicted molar refractivity (Wildman–Crippen MR) is 137 cm³/mol. The first kappa shape index (κ1) is 25.2. The van der Waals surface area contributed by atoms with Gasteiger partial charge in [-0.15, -0.1) is 0 Å². The van der Waals surface area contributed by atoms with Crippen LogP contribution < -0.4 is 4.18 Å². The fourth-order valence-electron chi connectivity index (χ4n) is 5.11. The molecule has 0 radical (unpaired) electrons. The highest BCUT2D eigenvalue weighted by atomic mass is 32.2. The van der Waals surface area contributed by atoms with Gasteiger partial charge in [0.1, 0.15) is 22.9 Å². The second-order valence-corrected chi connectivity index (χ2v) is 11.1. The van der Waals surface area contributed by atoms with E-state index >= 15 is 0 Å². The van der Waals surface area contributed by atoms with Crippen LogP contribution in [0.25, 0.3) is 16.8 Å². The van der Waals surface area contributed by atoms with Crippen molar-refractivity contribution >= 4 is 21.3 Å². The van der Waals surface area contributed by atoms with E-state index in [9.17, 15) is 26.7 Å². The molecule has 200 valence electrons. The first-order valence-corrected chi connectivity index (χ1v) is 13.5. The highest BCUT2D eigenvalue weighted by molar-refractivity contribution is 7.87. The Morgan fingerprint density at radius 1 is 0.923 bits per heavy atom. The number of benzene rings is 3. The number of imidazole rings is 1. The first-order chi connectivity index (χ1) is 18.6. The molecule has 7 nitrogen and oxygen atoms in total. The Hall–Kier alpha value is -4.09. The van der Waals surface area contributed by atoms with E-state index in [1.807, 2.05) is 28.8 Å². The van der Waals surface area contributed by atoms with Crippen molar-refractivity contribution in [1.29, 1.82) is 0 Å². The van der Waals surface area contributed by atoms with Gasteiger partial charge in [-0.2, -0.15) is 21.6 Å². The molecule has 39 heavy (non-hydrogen) atoms. The van der Waals surface area contributed by atoms with E-state index < -0.39 is 39.3 Å². The minimum Gasteiger partial charge on any atom is -0.508 e. The molecule has 3 atom stereocenters. The maximum atomic E-state index is 13.4. The highest BCUT2D eigenvalue weighted by Crippen LogP contribution is 2.51. The summed E-state index contributed by atoms with van der Waals surface area (Å²) in [6, 6.07) is 17.6. The van der Waals surface area contributed by atoms with Crippen molar-refractivity contribution in [3.63, 3.8) is 0 Å². The number of hydrogen-bond donors (Lipinski definition) is 1. The number of phenolic OH excluding ortho intramolecular Hbond substituents is 1. The number of rotatable bonds is 6. The van der Waals surface area contributed by atoms with E-state index in [2.05, 4.69) is 4.98 Å². The average Bonchev–Trinajstić information content (AvgIpc) is 3.66. The van der Waals surface area contributed by atoms with Crippen LogP contribution in [-0.2, 0) is 21.0 Å². The first-order valence-electron chi connectivity index (χ1n) is 12.0. The SMILES string of the molecule is O=S(=O)(Oc1ccc(C(F)(F)F)cc1)C1CC2OC1C(c1ccc(-n3ccnc3)cc1)=C2c1ccc(O)cc1. The van der Waals surface area contributed by atoms with Crippen LogP contribution in [0.4, 0.5) is 13.2 Å². The summed E-state index contributed by atoms with van der Waals surface area (Å²) in [7, 11) is -4.28. The Morgan fingerprint density at radius 3 is 2.18 bits per heavy atom. The van der Waals surface area contributed by atoms with E-state index in [0.29, 0.717) is 5.57 Å². The molecular weight excluding hydrogens is 533 g/mol. The summed E-state index contributed by atoms with van der Waals surface area (Å²) in [6.45, 7) is 0. The van der Waals surface area contributed by atoms with Gasteiger partial charge in [-0.3, -0.25) is 0 Å². The zero-order valence-corrected chi connectivity index (χ0v) is 20.9. The third-order valence-electron chi connectivity index (χ3n) is 6.92. The Morgan fingerprint density at radius 2 is 1.56 bits per heavy atom. The number of halogens is 3. The van der Waals surface area contributed by atoms with Crippen molar-refractivity contribution in [3.8, 4) is 17.2 Å². The molecule has 1 aromatic heterocycles. The fourth-order valence-corrected chi connectivity index (χ4v) is 6.53. The number of nitrogens with zero attached hydrogens (tertiary/aromatic N) is 2. The summed E-state index contributed by atoms with van der Waals surface area (Å²) >= 11 is 0. The number of fused-ring (bicyclic) bond motifs is 2. The number of aromatic hydroxyl groups is 1. The molecule has 2 bridgehead atoms. The van der Waals surface area contributed by atoms with E-state index in [4.69, 9.17) is 8.92 Å². The third kappa shape index (κ3) is 4.68. The van der Waals surface area contributed by atoms with Gasteiger partial charge >= 0.3 is 16.3 Å². The summed E-state index contributed by atoms with van der Waals surface area (Å²) in [5.41, 5.74) is 2.99. The van der Waals surface area contributed by atoms with Crippen LogP contribution in [0.5, 0.6) is 11.5 Å². The molecule has 1 saturated heterocycles. The second kappa shape index (κ2) is 9.28. The van der Waals surface area contributed by atoms with Crippen LogP contribution in [0.15, 0.2) is 91.5 Å². The maximum absolute atomic E-state index is 13.4. The summed E-state index contributed by atoms with van der Waals surface area (Å²) < 4.78 is 78.7. The predicted octanol–water partition coefficient (Wildman–Crippen LogP) is 5.46. The number of hydrogen-bond acceptors (Lipinski definition) is 6. The molecule has 1 fully saturated rings. The van der Waals surface area contributed by atoms with Crippen LogP contribution in [0, 0.1) is 0 Å². The smallest absolute Gasteiger partial charge is 0.416 e. The molecule has 11 heteroatoms. The zero-order chi connectivity index (χ0) is 27.4. The van der Waals surface area contributed by atoms with Gasteiger partial charge in [0.15, 0.2) is 0 Å². The monoisotopic (exact) mass is 554 g/mol. The van der Waals surface area contributed by atoms with Gasteiger partial charge < -0.3 is 18.6 Å². The number of alkyl halides is 3. The van der Waals surface area contributed by atoms with Gasteiger partial charge in [-0.05, 0) is 70.8 Å². The highest BCUT2D eigenvalue weighted by Gasteiger charge is 2.53. The van der Waals surface area contributed by atoms with Crippen LogP contribution in [0.3, 0.4) is 0 Å². The van der Waals surface area contributed by atoms with Gasteiger partial charge in [-0.1, -0.05) is 24.3 Å². The Bertz CT molecular complexity index is 1630. The second-order valence-electron chi connectivity index (χ2n) is 9.31. The Balaban J connectivity index is 1.35. The molecule has 0 amide bonds. The zero-order valence-electron chi connectivity index (χ0n) is 20.1. The largest absolute Gasteiger partial charge is 0.508 e. The molecule has 1 N–H and O–H groups in total. The minimum absolute atomic E-state index is 0.0973. The molecule has 2 aliphatic rings. The lowest BCUT2D eigenvalue weighted by atomic mass is 9.83. The molecular formula is C28H21F3N2O5S.